The fraction of sp³-hybridized carbons (Fsp3) is 0.360. The number of fused-ring (bicyclic) bond motifs is 3. The van der Waals surface area contributed by atoms with Gasteiger partial charge in [0.1, 0.15) is 11.4 Å². The summed E-state index contributed by atoms with van der Waals surface area (Å²) in [5, 5.41) is 0. The fourth-order valence-corrected chi connectivity index (χ4v) is 4.56. The monoisotopic (exact) mass is 401 g/mol. The lowest BCUT2D eigenvalue weighted by Gasteiger charge is -2.27. The molecule has 1 fully saturated rings. The Labute approximate surface area is 177 Å². The van der Waals surface area contributed by atoms with Crippen LogP contribution in [0.15, 0.2) is 48.7 Å². The minimum atomic E-state index is -0.499. The summed E-state index contributed by atoms with van der Waals surface area (Å²) in [6, 6.07) is 15.2. The Morgan fingerprint density at radius 1 is 1.13 bits per heavy atom. The lowest BCUT2D eigenvalue weighted by atomic mass is 10.0. The Hall–Kier alpha value is -3.08. The maximum absolute atomic E-state index is 12.6. The van der Waals surface area contributed by atoms with Crippen LogP contribution in [0, 0.1) is 0 Å². The first kappa shape index (κ1) is 18.9. The number of imidazole rings is 1. The standard InChI is InChI=1S/C25H27N3O2/c1-25(2,3)30-24(29)28-12-6-9-22(28)23-26-15-21(27-23)17-10-11-20-18(14-17)13-16-7-4-5-8-19(16)20/h4-5,7-8,10-11,14-15,22H,6,9,12-13H2,1-3H3,(H,26,27). The predicted octanol–water partition coefficient (Wildman–Crippen LogP) is 5.72. The Bertz CT molecular complexity index is 1110. The van der Waals surface area contributed by atoms with Crippen molar-refractivity contribution >= 4 is 6.09 Å². The SMILES string of the molecule is CC(C)(C)OC(=O)N1CCCC1c1ncc(-c2ccc3c(c2)Cc2ccccc2-3)[nH]1. The van der Waals surface area contributed by atoms with Gasteiger partial charge in [0.05, 0.1) is 17.9 Å². The van der Waals surface area contributed by atoms with Gasteiger partial charge in [0, 0.05) is 6.54 Å². The molecular weight excluding hydrogens is 374 g/mol. The number of benzene rings is 2. The quantitative estimate of drug-likeness (QED) is 0.467. The average molecular weight is 402 g/mol. The normalized spacial score (nSPS) is 17.7. The molecule has 154 valence electrons. The summed E-state index contributed by atoms with van der Waals surface area (Å²) < 4.78 is 5.59. The predicted molar refractivity (Wildman–Crippen MR) is 117 cm³/mol. The first-order valence-corrected chi connectivity index (χ1v) is 10.7. The number of nitrogens with zero attached hydrogens (tertiary/aromatic N) is 2. The van der Waals surface area contributed by atoms with E-state index in [2.05, 4.69) is 52.4 Å². The highest BCUT2D eigenvalue weighted by Gasteiger charge is 2.34. The van der Waals surface area contributed by atoms with Crippen LogP contribution in [0.25, 0.3) is 22.4 Å². The third-order valence-electron chi connectivity index (χ3n) is 5.90. The van der Waals surface area contributed by atoms with Crippen molar-refractivity contribution in [2.45, 2.75) is 51.7 Å². The number of H-pyrrole nitrogens is 1. The Morgan fingerprint density at radius 3 is 2.77 bits per heavy atom. The molecular formula is C25H27N3O2. The number of ether oxygens (including phenoxy) is 1. The Morgan fingerprint density at radius 2 is 1.93 bits per heavy atom. The van der Waals surface area contributed by atoms with Crippen LogP contribution in [0.1, 0.15) is 56.6 Å². The summed E-state index contributed by atoms with van der Waals surface area (Å²) in [6.07, 6.45) is 4.43. The number of aromatic nitrogens is 2. The molecule has 1 unspecified atom stereocenters. The molecule has 5 heteroatoms. The van der Waals surface area contributed by atoms with E-state index in [-0.39, 0.29) is 12.1 Å². The van der Waals surface area contributed by atoms with Gasteiger partial charge in [0.2, 0.25) is 0 Å². The van der Waals surface area contributed by atoms with Gasteiger partial charge in [0.25, 0.3) is 0 Å². The molecule has 1 saturated heterocycles. The zero-order chi connectivity index (χ0) is 20.9. The van der Waals surface area contributed by atoms with Gasteiger partial charge in [-0.2, -0.15) is 0 Å². The first-order valence-electron chi connectivity index (χ1n) is 10.7. The van der Waals surface area contributed by atoms with Gasteiger partial charge in [0.15, 0.2) is 0 Å². The number of hydrogen-bond acceptors (Lipinski definition) is 3. The van der Waals surface area contributed by atoms with E-state index in [9.17, 15) is 4.79 Å². The van der Waals surface area contributed by atoms with E-state index in [1.807, 2.05) is 27.0 Å². The van der Waals surface area contributed by atoms with Crippen molar-refractivity contribution in [1.29, 1.82) is 0 Å². The van der Waals surface area contributed by atoms with Crippen LogP contribution in [0.4, 0.5) is 4.79 Å². The fourth-order valence-electron chi connectivity index (χ4n) is 4.56. The zero-order valence-electron chi connectivity index (χ0n) is 17.7. The number of hydrogen-bond donors (Lipinski definition) is 1. The minimum Gasteiger partial charge on any atom is -0.444 e. The number of rotatable bonds is 2. The van der Waals surface area contributed by atoms with Crippen LogP contribution in [0.5, 0.6) is 0 Å². The summed E-state index contributed by atoms with van der Waals surface area (Å²) in [5.41, 5.74) is 7.00. The topological polar surface area (TPSA) is 58.2 Å². The van der Waals surface area contributed by atoms with Crippen molar-refractivity contribution in [3.63, 3.8) is 0 Å². The molecule has 0 saturated carbocycles. The van der Waals surface area contributed by atoms with Gasteiger partial charge >= 0.3 is 6.09 Å². The third-order valence-corrected chi connectivity index (χ3v) is 5.90. The van der Waals surface area contributed by atoms with E-state index in [4.69, 9.17) is 4.74 Å². The van der Waals surface area contributed by atoms with Crippen molar-refractivity contribution in [1.82, 2.24) is 14.9 Å². The highest BCUT2D eigenvalue weighted by molar-refractivity contribution is 5.79. The van der Waals surface area contributed by atoms with Gasteiger partial charge in [-0.15, -0.1) is 0 Å². The number of carbonyl (C=O) groups is 1. The summed E-state index contributed by atoms with van der Waals surface area (Å²) in [4.78, 5) is 22.5. The molecule has 0 bridgehead atoms. The molecule has 1 aliphatic carbocycles. The second-order valence-electron chi connectivity index (χ2n) is 9.22. The molecule has 1 aliphatic heterocycles. The van der Waals surface area contributed by atoms with Gasteiger partial charge in [-0.05, 0) is 73.9 Å². The smallest absolute Gasteiger partial charge is 0.410 e. The Balaban J connectivity index is 1.39. The van der Waals surface area contributed by atoms with Crippen LogP contribution in [-0.4, -0.2) is 33.1 Å². The van der Waals surface area contributed by atoms with Crippen molar-refractivity contribution in [3.05, 3.63) is 65.6 Å². The molecule has 1 aromatic heterocycles. The molecule has 2 aromatic carbocycles. The molecule has 5 nitrogen and oxygen atoms in total. The maximum atomic E-state index is 12.6. The molecule has 3 aromatic rings. The Kier molecular flexibility index (Phi) is 4.42. The number of amides is 1. The van der Waals surface area contributed by atoms with Gasteiger partial charge in [-0.3, -0.25) is 4.90 Å². The minimum absolute atomic E-state index is 0.0627. The molecule has 1 atom stereocenters. The van der Waals surface area contributed by atoms with Crippen molar-refractivity contribution in [2.75, 3.05) is 6.54 Å². The van der Waals surface area contributed by atoms with Crippen LogP contribution in [0.2, 0.25) is 0 Å². The molecule has 1 N–H and O–H groups in total. The number of likely N-dealkylation sites (tertiary alicyclic amines) is 1. The second kappa shape index (κ2) is 7.01. The van der Waals surface area contributed by atoms with Crippen LogP contribution >= 0.6 is 0 Å². The second-order valence-corrected chi connectivity index (χ2v) is 9.22. The van der Waals surface area contributed by atoms with Crippen LogP contribution < -0.4 is 0 Å². The largest absolute Gasteiger partial charge is 0.444 e. The van der Waals surface area contributed by atoms with E-state index in [0.717, 1.165) is 36.3 Å². The lowest BCUT2D eigenvalue weighted by molar-refractivity contribution is 0.0219. The van der Waals surface area contributed by atoms with Crippen molar-refractivity contribution in [2.24, 2.45) is 0 Å². The lowest BCUT2D eigenvalue weighted by Crippen LogP contribution is -2.36. The van der Waals surface area contributed by atoms with E-state index in [0.29, 0.717) is 6.54 Å². The zero-order valence-corrected chi connectivity index (χ0v) is 17.7. The van der Waals surface area contributed by atoms with E-state index < -0.39 is 5.60 Å². The van der Waals surface area contributed by atoms with Gasteiger partial charge < -0.3 is 9.72 Å². The van der Waals surface area contributed by atoms with E-state index >= 15 is 0 Å². The number of aromatic amines is 1. The van der Waals surface area contributed by atoms with E-state index in [1.165, 1.54) is 22.3 Å². The first-order chi connectivity index (χ1) is 14.4. The van der Waals surface area contributed by atoms with Gasteiger partial charge in [-0.1, -0.05) is 36.4 Å². The molecule has 2 aliphatic rings. The van der Waals surface area contributed by atoms with Crippen LogP contribution in [0.3, 0.4) is 0 Å². The van der Waals surface area contributed by atoms with E-state index in [1.54, 1.807) is 4.90 Å². The van der Waals surface area contributed by atoms with Gasteiger partial charge in [-0.25, -0.2) is 9.78 Å². The molecule has 1 amide bonds. The summed E-state index contributed by atoms with van der Waals surface area (Å²) >= 11 is 0. The number of nitrogens with one attached hydrogen (secondary N) is 1. The molecule has 0 radical (unpaired) electrons. The molecule has 2 heterocycles. The maximum Gasteiger partial charge on any atom is 0.410 e. The van der Waals surface area contributed by atoms with Crippen molar-refractivity contribution < 1.29 is 9.53 Å². The summed E-state index contributed by atoms with van der Waals surface area (Å²) in [6.45, 7) is 6.39. The number of carbonyl (C=O) groups excluding carboxylic acids is 1. The highest BCUT2D eigenvalue weighted by atomic mass is 16.6. The van der Waals surface area contributed by atoms with Crippen molar-refractivity contribution in [3.8, 4) is 22.4 Å². The average Bonchev–Trinajstić information content (AvgIpc) is 3.43. The highest BCUT2D eigenvalue weighted by Crippen LogP contribution is 2.39. The summed E-state index contributed by atoms with van der Waals surface area (Å²) in [7, 11) is 0. The third kappa shape index (κ3) is 3.38. The molecule has 30 heavy (non-hydrogen) atoms. The summed E-state index contributed by atoms with van der Waals surface area (Å²) in [5.74, 6) is 0.831. The van der Waals surface area contributed by atoms with Crippen LogP contribution in [-0.2, 0) is 11.2 Å². The molecule has 5 rings (SSSR count). The molecule has 0 spiro atoms.